The van der Waals surface area contributed by atoms with Crippen LogP contribution in [0.2, 0.25) is 0 Å². The standard InChI is InChI=1S/C17H31.Zn/c1-6-14(5)12-15(7-2)17-10-8-16(9-11-17)13(3)4;/h8,13,15,17H,6-7,9-12H2,1-5H3;/q-1;. The Hall–Kier alpha value is 0.363. The van der Waals surface area contributed by atoms with E-state index in [0.717, 1.165) is 17.8 Å². The fraction of sp³-hybridized carbons (Fsp3) is 0.824. The van der Waals surface area contributed by atoms with Gasteiger partial charge < -0.3 is 5.92 Å². The van der Waals surface area contributed by atoms with Gasteiger partial charge in [-0.1, -0.05) is 51.7 Å². The van der Waals surface area contributed by atoms with E-state index in [2.05, 4.69) is 40.7 Å². The Labute approximate surface area is 128 Å². The molecule has 0 spiro atoms. The summed E-state index contributed by atoms with van der Waals surface area (Å²) >= 11 is 0. The minimum absolute atomic E-state index is 0. The van der Waals surface area contributed by atoms with Gasteiger partial charge in [-0.25, -0.2) is 0 Å². The van der Waals surface area contributed by atoms with E-state index in [1.807, 2.05) is 0 Å². The van der Waals surface area contributed by atoms with E-state index in [-0.39, 0.29) is 19.5 Å². The summed E-state index contributed by atoms with van der Waals surface area (Å²) < 4.78 is 0. The van der Waals surface area contributed by atoms with Crippen molar-refractivity contribution < 1.29 is 19.5 Å². The van der Waals surface area contributed by atoms with Crippen molar-refractivity contribution in [2.45, 2.75) is 73.1 Å². The van der Waals surface area contributed by atoms with Crippen molar-refractivity contribution in [2.75, 3.05) is 0 Å². The zero-order valence-corrected chi connectivity index (χ0v) is 16.2. The molecule has 2 atom stereocenters. The van der Waals surface area contributed by atoms with Crippen LogP contribution in [0.1, 0.15) is 73.1 Å². The van der Waals surface area contributed by atoms with Gasteiger partial charge in [-0.2, -0.15) is 19.8 Å². The molecule has 0 aromatic carbocycles. The van der Waals surface area contributed by atoms with Gasteiger partial charge >= 0.3 is 0 Å². The molecule has 102 valence electrons. The second-order valence-corrected chi connectivity index (χ2v) is 6.15. The molecular formula is C17H31Zn-. The SMILES string of the molecule is CC[C-](C)CC(CC)C1CC=C(C(C)C)CC1.[Zn]. The van der Waals surface area contributed by atoms with Crippen LogP contribution >= 0.6 is 0 Å². The van der Waals surface area contributed by atoms with Crippen LogP contribution in [0.3, 0.4) is 0 Å². The van der Waals surface area contributed by atoms with Crippen molar-refractivity contribution in [3.05, 3.63) is 17.6 Å². The van der Waals surface area contributed by atoms with Gasteiger partial charge in [0, 0.05) is 19.5 Å². The van der Waals surface area contributed by atoms with Crippen molar-refractivity contribution in [1.29, 1.82) is 0 Å². The zero-order chi connectivity index (χ0) is 12.8. The molecule has 0 radical (unpaired) electrons. The molecule has 1 aliphatic carbocycles. The average molecular weight is 301 g/mol. The molecule has 1 rings (SSSR count). The Balaban J connectivity index is 0.00000289. The molecular weight excluding hydrogens is 270 g/mol. The third kappa shape index (κ3) is 5.56. The third-order valence-corrected chi connectivity index (χ3v) is 4.63. The van der Waals surface area contributed by atoms with Crippen LogP contribution in [-0.2, 0) is 19.5 Å². The number of allylic oxidation sites excluding steroid dienone is 2. The van der Waals surface area contributed by atoms with Gasteiger partial charge in [-0.05, 0) is 31.1 Å². The van der Waals surface area contributed by atoms with Gasteiger partial charge in [0.2, 0.25) is 0 Å². The van der Waals surface area contributed by atoms with Crippen molar-refractivity contribution in [3.8, 4) is 0 Å². The van der Waals surface area contributed by atoms with E-state index in [9.17, 15) is 0 Å². The Morgan fingerprint density at radius 2 is 2.00 bits per heavy atom. The van der Waals surface area contributed by atoms with Crippen molar-refractivity contribution in [2.24, 2.45) is 17.8 Å². The van der Waals surface area contributed by atoms with Gasteiger partial charge in [0.1, 0.15) is 0 Å². The molecule has 0 nitrogen and oxygen atoms in total. The molecule has 0 bridgehead atoms. The molecule has 0 heterocycles. The number of hydrogen-bond acceptors (Lipinski definition) is 0. The molecule has 0 N–H and O–H groups in total. The summed E-state index contributed by atoms with van der Waals surface area (Å²) in [6, 6.07) is 0. The third-order valence-electron chi connectivity index (χ3n) is 4.63. The number of hydrogen-bond donors (Lipinski definition) is 0. The summed E-state index contributed by atoms with van der Waals surface area (Å²) in [5.74, 6) is 4.33. The van der Waals surface area contributed by atoms with E-state index >= 15 is 0 Å². The van der Waals surface area contributed by atoms with E-state index in [4.69, 9.17) is 0 Å². The second kappa shape index (κ2) is 9.30. The van der Waals surface area contributed by atoms with Crippen LogP contribution in [0.4, 0.5) is 0 Å². The Bertz CT molecular complexity index is 242. The zero-order valence-electron chi connectivity index (χ0n) is 13.3. The Kier molecular flexibility index (Phi) is 9.48. The van der Waals surface area contributed by atoms with E-state index in [1.165, 1.54) is 38.5 Å². The molecule has 0 fully saturated rings. The molecule has 1 aliphatic rings. The molecule has 0 aromatic heterocycles. The van der Waals surface area contributed by atoms with Crippen molar-refractivity contribution >= 4 is 0 Å². The second-order valence-electron chi connectivity index (χ2n) is 6.15. The average Bonchev–Trinajstić information content (AvgIpc) is 2.35. The van der Waals surface area contributed by atoms with Crippen LogP contribution in [-0.4, -0.2) is 0 Å². The number of rotatable bonds is 6. The monoisotopic (exact) mass is 299 g/mol. The summed E-state index contributed by atoms with van der Waals surface area (Å²) in [7, 11) is 0. The van der Waals surface area contributed by atoms with E-state index < -0.39 is 0 Å². The van der Waals surface area contributed by atoms with Crippen LogP contribution in [0.5, 0.6) is 0 Å². The van der Waals surface area contributed by atoms with Gasteiger partial charge in [-0.15, -0.1) is 0 Å². The quantitative estimate of drug-likeness (QED) is 0.331. The van der Waals surface area contributed by atoms with Gasteiger partial charge in [0.05, 0.1) is 0 Å². The Morgan fingerprint density at radius 3 is 2.39 bits per heavy atom. The van der Waals surface area contributed by atoms with Gasteiger partial charge in [-0.3, -0.25) is 0 Å². The molecule has 0 saturated carbocycles. The fourth-order valence-electron chi connectivity index (χ4n) is 3.06. The van der Waals surface area contributed by atoms with Crippen LogP contribution < -0.4 is 0 Å². The summed E-state index contributed by atoms with van der Waals surface area (Å²) in [4.78, 5) is 0. The molecule has 0 aromatic rings. The van der Waals surface area contributed by atoms with Crippen LogP contribution in [0.15, 0.2) is 11.6 Å². The van der Waals surface area contributed by atoms with Crippen LogP contribution in [0.25, 0.3) is 0 Å². The maximum Gasteiger partial charge on any atom is 0 e. The summed E-state index contributed by atoms with van der Waals surface area (Å²) in [6.07, 6.45) is 10.6. The first-order valence-electron chi connectivity index (χ1n) is 7.58. The maximum absolute atomic E-state index is 2.54. The molecule has 0 aliphatic heterocycles. The molecule has 18 heavy (non-hydrogen) atoms. The molecule has 2 unspecified atom stereocenters. The summed E-state index contributed by atoms with van der Waals surface area (Å²) in [5, 5.41) is 0. The first-order chi connectivity index (χ1) is 8.08. The Morgan fingerprint density at radius 1 is 1.33 bits per heavy atom. The molecule has 0 amide bonds. The fourth-order valence-corrected chi connectivity index (χ4v) is 3.06. The summed E-state index contributed by atoms with van der Waals surface area (Å²) in [5.41, 5.74) is 1.70. The normalized spacial score (nSPS) is 21.7. The van der Waals surface area contributed by atoms with E-state index in [0.29, 0.717) is 0 Å². The maximum atomic E-state index is 2.54. The first kappa shape index (κ1) is 18.4. The predicted octanol–water partition coefficient (Wildman–Crippen LogP) is 5.79. The van der Waals surface area contributed by atoms with Crippen molar-refractivity contribution in [3.63, 3.8) is 0 Å². The van der Waals surface area contributed by atoms with Gasteiger partial charge in [0.25, 0.3) is 0 Å². The van der Waals surface area contributed by atoms with Crippen LogP contribution in [0, 0.1) is 23.7 Å². The summed E-state index contributed by atoms with van der Waals surface area (Å²) in [6.45, 7) is 11.7. The smallest absolute Gasteiger partial charge is 0 e. The van der Waals surface area contributed by atoms with E-state index in [1.54, 1.807) is 11.5 Å². The topological polar surface area (TPSA) is 0 Å². The minimum atomic E-state index is 0. The predicted molar refractivity (Wildman–Crippen MR) is 77.9 cm³/mol. The molecule has 0 saturated heterocycles. The van der Waals surface area contributed by atoms with Crippen molar-refractivity contribution in [1.82, 2.24) is 0 Å². The first-order valence-corrected chi connectivity index (χ1v) is 7.58. The largest absolute Gasteiger partial charge is 0.317 e. The molecule has 1 heteroatoms. The van der Waals surface area contributed by atoms with Gasteiger partial charge in [0.15, 0.2) is 0 Å². The minimum Gasteiger partial charge on any atom is -0.317 e.